The highest BCUT2D eigenvalue weighted by atomic mass is 16.5. The number of nitrogens with two attached hydrogens (primary N) is 1. The molecule has 2 bridgehead atoms. The van der Waals surface area contributed by atoms with Gasteiger partial charge >= 0.3 is 5.97 Å². The molecule has 11 nitrogen and oxygen atoms in total. The molecule has 8 atom stereocenters. The van der Waals surface area contributed by atoms with Gasteiger partial charge in [0.05, 0.1) is 18.6 Å². The van der Waals surface area contributed by atoms with Crippen LogP contribution in [0.4, 0.5) is 0 Å². The molecule has 0 spiro atoms. The zero-order valence-electron chi connectivity index (χ0n) is 11.2. The Morgan fingerprint density at radius 1 is 1.32 bits per heavy atom. The summed E-state index contributed by atoms with van der Waals surface area (Å²) in [7, 11) is 0. The summed E-state index contributed by atoms with van der Waals surface area (Å²) >= 11 is 0. The number of guanidine groups is 1. The molecule has 2 fully saturated rings. The Hall–Kier alpha value is -1.50. The fourth-order valence-electron chi connectivity index (χ4n) is 3.71. The van der Waals surface area contributed by atoms with Crippen molar-refractivity contribution in [3.63, 3.8) is 0 Å². The summed E-state index contributed by atoms with van der Waals surface area (Å²) in [5, 5.41) is 62.3. The molecule has 0 aromatic rings. The van der Waals surface area contributed by atoms with Crippen LogP contribution in [0, 0.1) is 5.92 Å². The van der Waals surface area contributed by atoms with Crippen molar-refractivity contribution in [1.29, 1.82) is 0 Å². The number of aliphatic hydroxyl groups excluding tert-OH is 4. The van der Waals surface area contributed by atoms with Gasteiger partial charge in [0.1, 0.15) is 23.3 Å². The van der Waals surface area contributed by atoms with Crippen LogP contribution in [-0.4, -0.2) is 91.0 Å². The number of aliphatic carboxylic acids is 1. The fourth-order valence-corrected chi connectivity index (χ4v) is 3.71. The van der Waals surface area contributed by atoms with Crippen molar-refractivity contribution in [2.24, 2.45) is 16.6 Å². The van der Waals surface area contributed by atoms with Gasteiger partial charge in [-0.3, -0.25) is 0 Å². The van der Waals surface area contributed by atoms with E-state index in [-0.39, 0.29) is 5.96 Å². The molecule has 3 rings (SSSR count). The van der Waals surface area contributed by atoms with Gasteiger partial charge in [-0.15, -0.1) is 0 Å². The van der Waals surface area contributed by atoms with Crippen molar-refractivity contribution >= 4 is 11.9 Å². The van der Waals surface area contributed by atoms with E-state index in [1.807, 2.05) is 0 Å². The first-order chi connectivity index (χ1) is 10.2. The molecule has 1 saturated heterocycles. The smallest absolute Gasteiger partial charge is 0.335 e. The van der Waals surface area contributed by atoms with Crippen LogP contribution < -0.4 is 11.1 Å². The van der Waals surface area contributed by atoms with Crippen LogP contribution in [-0.2, 0) is 9.53 Å². The lowest BCUT2D eigenvalue weighted by molar-refractivity contribution is -0.258. The Kier molecular flexibility index (Phi) is 3.15. The second kappa shape index (κ2) is 4.50. The molecule has 0 amide bonds. The summed E-state index contributed by atoms with van der Waals surface area (Å²) in [6.07, 6.45) is -8.66. The van der Waals surface area contributed by atoms with E-state index in [1.165, 1.54) is 0 Å². The van der Waals surface area contributed by atoms with E-state index in [0.29, 0.717) is 0 Å². The van der Waals surface area contributed by atoms with Crippen LogP contribution in [0.1, 0.15) is 0 Å². The number of nitrogens with zero attached hydrogens (tertiary/aromatic N) is 1. The first kappa shape index (κ1) is 15.4. The summed E-state index contributed by atoms with van der Waals surface area (Å²) < 4.78 is 5.23. The predicted octanol–water partition coefficient (Wildman–Crippen LogP) is -5.11. The first-order valence-electron chi connectivity index (χ1n) is 6.57. The van der Waals surface area contributed by atoms with Gasteiger partial charge in [-0.25, -0.2) is 9.79 Å². The number of carboxylic acids is 1. The number of rotatable bonds is 2. The number of aliphatic imine (C=N–C) groups is 1. The highest BCUT2D eigenvalue weighted by Gasteiger charge is 2.75. The van der Waals surface area contributed by atoms with Crippen LogP contribution in [0.25, 0.3) is 0 Å². The monoisotopic (exact) mass is 319 g/mol. The lowest BCUT2D eigenvalue weighted by atomic mass is 9.60. The average Bonchev–Trinajstić information content (AvgIpc) is 2.69. The van der Waals surface area contributed by atoms with E-state index in [9.17, 15) is 35.4 Å². The average molecular weight is 319 g/mol. The quantitative estimate of drug-likeness (QED) is 0.243. The van der Waals surface area contributed by atoms with Gasteiger partial charge < -0.3 is 46.4 Å². The third-order valence-electron chi connectivity index (χ3n) is 4.81. The molecular formula is C11H17N3O8. The zero-order chi connectivity index (χ0) is 16.4. The minimum atomic E-state index is -2.45. The molecule has 124 valence electrons. The second-order valence-corrected chi connectivity index (χ2v) is 5.83. The van der Waals surface area contributed by atoms with Crippen LogP contribution >= 0.6 is 0 Å². The van der Waals surface area contributed by atoms with Crippen molar-refractivity contribution in [1.82, 2.24) is 5.32 Å². The van der Waals surface area contributed by atoms with Gasteiger partial charge in [-0.2, -0.15) is 0 Å². The Morgan fingerprint density at radius 3 is 2.50 bits per heavy atom. The maximum atomic E-state index is 11.4. The minimum absolute atomic E-state index is 0.224. The number of hydrogen-bond donors (Lipinski definition) is 8. The number of carboxylic acid groups (broad SMARTS) is 1. The molecule has 1 aliphatic carbocycles. The molecule has 2 heterocycles. The molecular weight excluding hydrogens is 302 g/mol. The number of nitrogens with one attached hydrogen (secondary N) is 1. The molecule has 22 heavy (non-hydrogen) atoms. The SMILES string of the molecule is NC1=NC2OC(C(=O)O)[C@@]3(N1)C2C(O)[C@@](O)(CO)C(O)[C@H]3O. The van der Waals surface area contributed by atoms with Gasteiger partial charge in [0, 0.05) is 0 Å². The lowest BCUT2D eigenvalue weighted by Gasteiger charge is -2.55. The van der Waals surface area contributed by atoms with E-state index in [1.54, 1.807) is 0 Å². The van der Waals surface area contributed by atoms with E-state index >= 15 is 0 Å². The largest absolute Gasteiger partial charge is 0.479 e. The maximum absolute atomic E-state index is 11.4. The molecule has 9 N–H and O–H groups in total. The van der Waals surface area contributed by atoms with Crippen LogP contribution in [0.5, 0.6) is 0 Å². The summed E-state index contributed by atoms with van der Waals surface area (Å²) in [5.41, 5.74) is 1.21. The van der Waals surface area contributed by atoms with Crippen molar-refractivity contribution in [3.8, 4) is 0 Å². The van der Waals surface area contributed by atoms with E-state index in [4.69, 9.17) is 10.5 Å². The third kappa shape index (κ3) is 1.55. The Balaban J connectivity index is 2.17. The second-order valence-electron chi connectivity index (χ2n) is 5.83. The molecule has 2 aliphatic heterocycles. The number of carbonyl (C=O) groups is 1. The number of aliphatic hydroxyl groups is 5. The zero-order valence-corrected chi connectivity index (χ0v) is 11.2. The van der Waals surface area contributed by atoms with Crippen molar-refractivity contribution < 1.29 is 40.2 Å². The van der Waals surface area contributed by atoms with Gasteiger partial charge in [0.2, 0.25) is 0 Å². The highest BCUT2D eigenvalue weighted by molar-refractivity contribution is 5.84. The molecule has 3 aliphatic rings. The van der Waals surface area contributed by atoms with Crippen molar-refractivity contribution in [3.05, 3.63) is 0 Å². The highest BCUT2D eigenvalue weighted by Crippen LogP contribution is 2.51. The van der Waals surface area contributed by atoms with Gasteiger partial charge in [-0.1, -0.05) is 0 Å². The third-order valence-corrected chi connectivity index (χ3v) is 4.81. The topological polar surface area (TPSA) is 198 Å². The summed E-state index contributed by atoms with van der Waals surface area (Å²) in [6, 6.07) is 0. The summed E-state index contributed by atoms with van der Waals surface area (Å²) in [6.45, 7) is -1.05. The van der Waals surface area contributed by atoms with E-state index in [2.05, 4.69) is 10.3 Å². The number of hydrogen-bond acceptors (Lipinski definition) is 10. The van der Waals surface area contributed by atoms with E-state index < -0.39 is 60.3 Å². The molecule has 5 unspecified atom stereocenters. The van der Waals surface area contributed by atoms with Crippen molar-refractivity contribution in [2.75, 3.05) is 6.61 Å². The molecule has 11 heteroatoms. The van der Waals surface area contributed by atoms with Crippen LogP contribution in [0.3, 0.4) is 0 Å². The predicted molar refractivity (Wildman–Crippen MR) is 67.3 cm³/mol. The Labute approximate surface area is 123 Å². The maximum Gasteiger partial charge on any atom is 0.335 e. The summed E-state index contributed by atoms with van der Waals surface area (Å²) in [4.78, 5) is 15.3. The van der Waals surface area contributed by atoms with Gasteiger partial charge in [0.25, 0.3) is 0 Å². The van der Waals surface area contributed by atoms with Crippen molar-refractivity contribution in [2.45, 2.75) is 41.8 Å². The first-order valence-corrected chi connectivity index (χ1v) is 6.57. The molecule has 0 aromatic carbocycles. The molecule has 0 aromatic heterocycles. The number of ether oxygens (including phenoxy) is 1. The normalized spacial score (nSPS) is 53.4. The minimum Gasteiger partial charge on any atom is -0.479 e. The van der Waals surface area contributed by atoms with Gasteiger partial charge in [0.15, 0.2) is 18.3 Å². The molecule has 1 saturated carbocycles. The summed E-state index contributed by atoms with van der Waals surface area (Å²) in [5.74, 6) is -2.92. The Bertz CT molecular complexity index is 543. The standard InChI is InChI=1S/C11H17N3O8/c12-9-13-7-2-3(16)10(21,1-15)4(17)5(18)11(2,14-9)6(22-7)8(19)20/h2-7,15-18,21H,1H2,(H,19,20)(H3,12,13,14)/t2?,3?,4?,5-,6?,7?,10+,11-/m1/s1. The lowest BCUT2D eigenvalue weighted by Crippen LogP contribution is -2.82. The fraction of sp³-hybridized carbons (Fsp3) is 0.818. The van der Waals surface area contributed by atoms with Crippen LogP contribution in [0.2, 0.25) is 0 Å². The van der Waals surface area contributed by atoms with Gasteiger partial charge in [-0.05, 0) is 0 Å². The molecule has 0 radical (unpaired) electrons. The van der Waals surface area contributed by atoms with E-state index in [0.717, 1.165) is 0 Å². The van der Waals surface area contributed by atoms with Crippen LogP contribution in [0.15, 0.2) is 4.99 Å². The Morgan fingerprint density at radius 2 is 1.95 bits per heavy atom.